The van der Waals surface area contributed by atoms with Gasteiger partial charge in [0.15, 0.2) is 0 Å². The van der Waals surface area contributed by atoms with Crippen molar-refractivity contribution in [3.63, 3.8) is 0 Å². The van der Waals surface area contributed by atoms with Gasteiger partial charge in [-0.2, -0.15) is 0 Å². The Morgan fingerprint density at radius 3 is 2.35 bits per heavy atom. The molecule has 0 saturated carbocycles. The first kappa shape index (κ1) is 21.8. The van der Waals surface area contributed by atoms with Crippen molar-refractivity contribution in [1.29, 1.82) is 0 Å². The number of amides is 3. The fourth-order valence-corrected chi connectivity index (χ4v) is 3.23. The summed E-state index contributed by atoms with van der Waals surface area (Å²) in [5.74, 6) is -0.0840. The van der Waals surface area contributed by atoms with Crippen LogP contribution in [0.5, 0.6) is 0 Å². The van der Waals surface area contributed by atoms with Gasteiger partial charge in [0, 0.05) is 17.9 Å². The zero-order valence-electron chi connectivity index (χ0n) is 17.7. The third-order valence-corrected chi connectivity index (χ3v) is 4.74. The monoisotopic (exact) mass is 413 g/mol. The zero-order valence-corrected chi connectivity index (χ0v) is 17.7. The number of urea groups is 1. The highest BCUT2D eigenvalue weighted by molar-refractivity contribution is 5.93. The molecule has 0 aliphatic carbocycles. The first-order valence-corrected chi connectivity index (χ1v) is 10.2. The van der Waals surface area contributed by atoms with E-state index in [9.17, 15) is 9.59 Å². The summed E-state index contributed by atoms with van der Waals surface area (Å²) < 4.78 is 0. The summed E-state index contributed by atoms with van der Waals surface area (Å²) in [5.41, 5.74) is 4.59. The number of hydrogen-bond donors (Lipinski definition) is 2. The van der Waals surface area contributed by atoms with Gasteiger partial charge in [0.05, 0.1) is 13.0 Å². The third-order valence-electron chi connectivity index (χ3n) is 4.74. The molecule has 3 rings (SSSR count). The molecule has 3 aromatic rings. The Hall–Kier alpha value is -3.86. The van der Waals surface area contributed by atoms with Crippen LogP contribution in [0.2, 0.25) is 0 Å². The van der Waals surface area contributed by atoms with E-state index in [0.717, 1.165) is 28.1 Å². The SMILES string of the molecule is C=CCNC(=O)N(Cc1cccc(C)c1)c1ccc(CC(=O)Nc2ccccc2)cc1. The first-order valence-electron chi connectivity index (χ1n) is 10.2. The average Bonchev–Trinajstić information content (AvgIpc) is 2.77. The number of anilines is 2. The van der Waals surface area contributed by atoms with Crippen LogP contribution in [0.3, 0.4) is 0 Å². The van der Waals surface area contributed by atoms with Crippen molar-refractivity contribution in [3.8, 4) is 0 Å². The van der Waals surface area contributed by atoms with Crippen molar-refractivity contribution < 1.29 is 9.59 Å². The molecular formula is C26H27N3O2. The van der Waals surface area contributed by atoms with Crippen molar-refractivity contribution >= 4 is 23.3 Å². The van der Waals surface area contributed by atoms with Crippen LogP contribution < -0.4 is 15.5 Å². The standard InChI is InChI=1S/C26H27N3O2/c1-3-16-27-26(31)29(19-22-9-7-8-20(2)17-22)24-14-12-21(13-15-24)18-25(30)28-23-10-5-4-6-11-23/h3-15,17H,1,16,18-19H2,2H3,(H,27,31)(H,28,30). The highest BCUT2D eigenvalue weighted by Gasteiger charge is 2.16. The van der Waals surface area contributed by atoms with Crippen LogP contribution in [0.4, 0.5) is 16.2 Å². The van der Waals surface area contributed by atoms with Crippen LogP contribution in [-0.4, -0.2) is 18.5 Å². The molecule has 0 fully saturated rings. The van der Waals surface area contributed by atoms with E-state index in [1.165, 1.54) is 0 Å². The Morgan fingerprint density at radius 2 is 1.68 bits per heavy atom. The highest BCUT2D eigenvalue weighted by Crippen LogP contribution is 2.20. The van der Waals surface area contributed by atoms with Crippen molar-refractivity contribution in [1.82, 2.24) is 5.32 Å². The number of rotatable bonds is 8. The minimum atomic E-state index is -0.198. The lowest BCUT2D eigenvalue weighted by atomic mass is 10.1. The summed E-state index contributed by atoms with van der Waals surface area (Å²) >= 11 is 0. The summed E-state index contributed by atoms with van der Waals surface area (Å²) in [4.78, 5) is 26.8. The second-order valence-electron chi connectivity index (χ2n) is 7.31. The number of nitrogens with zero attached hydrogens (tertiary/aromatic N) is 1. The number of para-hydroxylation sites is 1. The first-order chi connectivity index (χ1) is 15.0. The van der Waals surface area contributed by atoms with Gasteiger partial charge in [-0.05, 0) is 42.3 Å². The van der Waals surface area contributed by atoms with E-state index in [2.05, 4.69) is 23.3 Å². The number of nitrogens with one attached hydrogen (secondary N) is 2. The number of hydrogen-bond acceptors (Lipinski definition) is 2. The second kappa shape index (κ2) is 10.8. The molecule has 3 amide bonds. The molecule has 0 heterocycles. The van der Waals surface area contributed by atoms with Crippen LogP contribution in [0, 0.1) is 6.92 Å². The average molecular weight is 414 g/mol. The summed E-state index contributed by atoms with van der Waals surface area (Å²) in [5, 5.41) is 5.73. The van der Waals surface area contributed by atoms with Gasteiger partial charge in [-0.1, -0.05) is 66.2 Å². The fraction of sp³-hybridized carbons (Fsp3) is 0.154. The molecule has 0 aliphatic heterocycles. The van der Waals surface area contributed by atoms with E-state index >= 15 is 0 Å². The number of aryl methyl sites for hydroxylation is 1. The molecule has 5 heteroatoms. The Labute approximate surface area is 183 Å². The Balaban J connectivity index is 1.72. The second-order valence-corrected chi connectivity index (χ2v) is 7.31. The van der Waals surface area contributed by atoms with Gasteiger partial charge in [0.1, 0.15) is 0 Å². The molecule has 3 aromatic carbocycles. The molecule has 31 heavy (non-hydrogen) atoms. The molecular weight excluding hydrogens is 386 g/mol. The number of carbonyl (C=O) groups is 2. The van der Waals surface area contributed by atoms with Gasteiger partial charge in [0.2, 0.25) is 5.91 Å². The zero-order chi connectivity index (χ0) is 22.1. The van der Waals surface area contributed by atoms with Crippen LogP contribution >= 0.6 is 0 Å². The molecule has 0 spiro atoms. The van der Waals surface area contributed by atoms with Gasteiger partial charge < -0.3 is 10.6 Å². The van der Waals surface area contributed by atoms with Crippen molar-refractivity contribution in [2.75, 3.05) is 16.8 Å². The molecule has 0 unspecified atom stereocenters. The fourth-order valence-electron chi connectivity index (χ4n) is 3.23. The quantitative estimate of drug-likeness (QED) is 0.506. The smallest absolute Gasteiger partial charge is 0.322 e. The van der Waals surface area contributed by atoms with E-state index in [1.807, 2.05) is 79.7 Å². The van der Waals surface area contributed by atoms with Crippen molar-refractivity contribution in [3.05, 3.63) is 108 Å². The van der Waals surface area contributed by atoms with Crippen LogP contribution in [0.15, 0.2) is 91.5 Å². The third kappa shape index (κ3) is 6.57. The summed E-state index contributed by atoms with van der Waals surface area (Å²) in [6.45, 7) is 6.52. The molecule has 158 valence electrons. The van der Waals surface area contributed by atoms with Gasteiger partial charge in [-0.15, -0.1) is 6.58 Å². The maximum Gasteiger partial charge on any atom is 0.322 e. The van der Waals surface area contributed by atoms with Crippen LogP contribution in [-0.2, 0) is 17.8 Å². The topological polar surface area (TPSA) is 61.4 Å². The minimum absolute atomic E-state index is 0.0840. The number of carbonyl (C=O) groups excluding carboxylic acids is 2. The summed E-state index contributed by atoms with van der Waals surface area (Å²) in [6.07, 6.45) is 1.91. The molecule has 0 aromatic heterocycles. The van der Waals surface area contributed by atoms with E-state index < -0.39 is 0 Å². The van der Waals surface area contributed by atoms with E-state index in [1.54, 1.807) is 11.0 Å². The summed E-state index contributed by atoms with van der Waals surface area (Å²) in [6, 6.07) is 24.8. The predicted octanol–water partition coefficient (Wildman–Crippen LogP) is 5.08. The molecule has 5 nitrogen and oxygen atoms in total. The van der Waals surface area contributed by atoms with E-state index in [-0.39, 0.29) is 18.4 Å². The van der Waals surface area contributed by atoms with Gasteiger partial charge in [0.25, 0.3) is 0 Å². The van der Waals surface area contributed by atoms with Gasteiger partial charge >= 0.3 is 6.03 Å². The Bertz CT molecular complexity index is 1030. The highest BCUT2D eigenvalue weighted by atomic mass is 16.2. The molecule has 0 radical (unpaired) electrons. The predicted molar refractivity (Wildman–Crippen MR) is 126 cm³/mol. The van der Waals surface area contributed by atoms with Crippen molar-refractivity contribution in [2.45, 2.75) is 19.9 Å². The van der Waals surface area contributed by atoms with Crippen LogP contribution in [0.1, 0.15) is 16.7 Å². The molecule has 0 bridgehead atoms. The van der Waals surface area contributed by atoms with Crippen molar-refractivity contribution in [2.24, 2.45) is 0 Å². The lowest BCUT2D eigenvalue weighted by molar-refractivity contribution is -0.115. The van der Waals surface area contributed by atoms with E-state index in [4.69, 9.17) is 0 Å². The van der Waals surface area contributed by atoms with Crippen LogP contribution in [0.25, 0.3) is 0 Å². The molecule has 2 N–H and O–H groups in total. The lowest BCUT2D eigenvalue weighted by Crippen LogP contribution is -2.39. The lowest BCUT2D eigenvalue weighted by Gasteiger charge is -2.23. The maximum atomic E-state index is 12.8. The van der Waals surface area contributed by atoms with Gasteiger partial charge in [-0.3, -0.25) is 9.69 Å². The summed E-state index contributed by atoms with van der Waals surface area (Å²) in [7, 11) is 0. The Morgan fingerprint density at radius 1 is 0.935 bits per heavy atom. The van der Waals surface area contributed by atoms with Gasteiger partial charge in [-0.25, -0.2) is 4.79 Å². The molecule has 0 saturated heterocycles. The normalized spacial score (nSPS) is 10.2. The molecule has 0 aliphatic rings. The Kier molecular flexibility index (Phi) is 7.60. The largest absolute Gasteiger partial charge is 0.334 e. The van der Waals surface area contributed by atoms with E-state index in [0.29, 0.717) is 13.1 Å². The maximum absolute atomic E-state index is 12.8. The minimum Gasteiger partial charge on any atom is -0.334 e. The number of benzene rings is 3. The molecule has 0 atom stereocenters.